The predicted octanol–water partition coefficient (Wildman–Crippen LogP) is 2.69. The number of halogens is 3. The Labute approximate surface area is 123 Å². The van der Waals surface area contributed by atoms with Gasteiger partial charge in [0, 0.05) is 13.1 Å². The number of nitrogens with zero attached hydrogens (tertiary/aromatic N) is 2. The summed E-state index contributed by atoms with van der Waals surface area (Å²) < 4.78 is 49.0. The zero-order valence-electron chi connectivity index (χ0n) is 11.3. The van der Waals surface area contributed by atoms with Crippen molar-refractivity contribution in [2.45, 2.75) is 43.3 Å². The fraction of sp³-hybridized carbons (Fsp3) is 0.583. The number of carbonyl (C=O) groups excluding carboxylic acids is 1. The lowest BCUT2D eigenvalue weighted by atomic mass is 9.92. The monoisotopic (exact) mass is 322 g/mol. The first-order valence-electron chi connectivity index (χ1n) is 6.13. The van der Waals surface area contributed by atoms with Crippen molar-refractivity contribution >= 4 is 17.7 Å². The highest BCUT2D eigenvalue weighted by Crippen LogP contribution is 2.37. The van der Waals surface area contributed by atoms with Gasteiger partial charge in [0.15, 0.2) is 5.16 Å². The van der Waals surface area contributed by atoms with Crippen LogP contribution in [0.5, 0.6) is 5.88 Å². The van der Waals surface area contributed by atoms with Crippen molar-refractivity contribution in [2.24, 2.45) is 0 Å². The van der Waals surface area contributed by atoms with Crippen LogP contribution in [0.2, 0.25) is 0 Å². The van der Waals surface area contributed by atoms with E-state index in [1.807, 2.05) is 0 Å². The van der Waals surface area contributed by atoms with Gasteiger partial charge in [-0.1, -0.05) is 11.8 Å². The predicted molar refractivity (Wildman–Crippen MR) is 68.0 cm³/mol. The van der Waals surface area contributed by atoms with Gasteiger partial charge < -0.3 is 9.47 Å². The molecule has 0 aliphatic heterocycles. The topological polar surface area (TPSA) is 61.3 Å². The van der Waals surface area contributed by atoms with E-state index < -0.39 is 35.8 Å². The molecule has 1 aliphatic carbocycles. The number of rotatable bonds is 4. The third kappa shape index (κ3) is 3.78. The summed E-state index contributed by atoms with van der Waals surface area (Å²) in [6, 6.07) is 0. The summed E-state index contributed by atoms with van der Waals surface area (Å²) >= 11 is 1.11. The second kappa shape index (κ2) is 6.08. The Hall–Kier alpha value is -1.51. The average Bonchev–Trinajstić information content (AvgIpc) is 2.39. The van der Waals surface area contributed by atoms with Gasteiger partial charge in [0.05, 0.1) is 0 Å². The molecule has 0 spiro atoms. The van der Waals surface area contributed by atoms with Crippen LogP contribution in [0.1, 0.15) is 25.3 Å². The highest BCUT2D eigenvalue weighted by Gasteiger charge is 2.40. The molecule has 116 valence electrons. The van der Waals surface area contributed by atoms with Gasteiger partial charge in [-0.25, -0.2) is 4.98 Å². The van der Waals surface area contributed by atoms with E-state index in [0.717, 1.165) is 11.8 Å². The van der Waals surface area contributed by atoms with Crippen molar-refractivity contribution < 1.29 is 27.4 Å². The van der Waals surface area contributed by atoms with E-state index in [1.165, 1.54) is 6.92 Å². The summed E-state index contributed by atoms with van der Waals surface area (Å²) in [7, 11) is 0. The lowest BCUT2D eigenvalue weighted by molar-refractivity contribution is -0.161. The van der Waals surface area contributed by atoms with E-state index in [-0.39, 0.29) is 5.16 Å². The molecule has 1 fully saturated rings. The van der Waals surface area contributed by atoms with Crippen LogP contribution < -0.4 is 4.74 Å². The third-order valence-electron chi connectivity index (χ3n) is 2.95. The molecule has 0 N–H and O–H groups in total. The molecule has 9 heteroatoms. The Kier molecular flexibility index (Phi) is 4.60. The maximum Gasteiger partial charge on any atom is 0.423 e. The first kappa shape index (κ1) is 15.9. The van der Waals surface area contributed by atoms with Crippen molar-refractivity contribution in [3.8, 4) is 5.88 Å². The Balaban J connectivity index is 2.20. The lowest BCUT2D eigenvalue weighted by Crippen LogP contribution is -2.44. The molecule has 0 saturated heterocycles. The Morgan fingerprint density at radius 3 is 2.52 bits per heavy atom. The summed E-state index contributed by atoms with van der Waals surface area (Å²) in [4.78, 5) is 18.3. The number of thioether (sulfide) groups is 1. The molecule has 2 rings (SSSR count). The maximum absolute atomic E-state index is 12.9. The van der Waals surface area contributed by atoms with E-state index >= 15 is 0 Å². The molecule has 1 aromatic heterocycles. The second-order valence-corrected chi connectivity index (χ2v) is 5.23. The number of aromatic nitrogens is 2. The molecule has 0 aromatic carbocycles. The molecule has 0 radical (unpaired) electrons. The molecule has 21 heavy (non-hydrogen) atoms. The smallest absolute Gasteiger partial charge is 0.423 e. The Bertz CT molecular complexity index is 539. The van der Waals surface area contributed by atoms with Crippen molar-refractivity contribution in [3.05, 3.63) is 11.8 Å². The molecule has 0 bridgehead atoms. The minimum Gasteiger partial charge on any atom is -0.470 e. The van der Waals surface area contributed by atoms with Crippen LogP contribution in [0.4, 0.5) is 13.2 Å². The first-order valence-corrected chi connectivity index (χ1v) is 7.36. The highest BCUT2D eigenvalue weighted by atomic mass is 32.2. The zero-order valence-corrected chi connectivity index (χ0v) is 12.1. The molecule has 1 heterocycles. The molecular formula is C12H13F3N2O3S. The van der Waals surface area contributed by atoms with Gasteiger partial charge in [0.2, 0.25) is 5.88 Å². The SMILES string of the molecule is CSc1ncc(C(F)(F)F)c(OC2CC[C@@H]2OC(C)=O)n1. The number of esters is 1. The standard InChI is InChI=1S/C12H13F3N2O3S/c1-6(18)19-8-3-4-9(8)20-10-7(12(13,14)15)5-16-11(17-10)21-2/h5,8-9H,3-4H2,1-2H3/t8-,9?/m0/s1. The molecule has 1 unspecified atom stereocenters. The van der Waals surface area contributed by atoms with Gasteiger partial charge in [-0.2, -0.15) is 18.2 Å². The van der Waals surface area contributed by atoms with E-state index in [1.54, 1.807) is 6.26 Å². The molecule has 1 aromatic rings. The number of alkyl halides is 3. The quantitative estimate of drug-likeness (QED) is 0.482. The summed E-state index contributed by atoms with van der Waals surface area (Å²) in [5.74, 6) is -1.01. The van der Waals surface area contributed by atoms with E-state index in [0.29, 0.717) is 19.0 Å². The van der Waals surface area contributed by atoms with Crippen LogP contribution in [0.15, 0.2) is 11.4 Å². The lowest BCUT2D eigenvalue weighted by Gasteiger charge is -2.35. The highest BCUT2D eigenvalue weighted by molar-refractivity contribution is 7.98. The van der Waals surface area contributed by atoms with Crippen LogP contribution in [0.3, 0.4) is 0 Å². The largest absolute Gasteiger partial charge is 0.470 e. The van der Waals surface area contributed by atoms with E-state index in [9.17, 15) is 18.0 Å². The number of hydrogen-bond acceptors (Lipinski definition) is 6. The van der Waals surface area contributed by atoms with Gasteiger partial charge in [0.1, 0.15) is 17.8 Å². The molecule has 2 atom stereocenters. The van der Waals surface area contributed by atoms with E-state index in [2.05, 4.69) is 9.97 Å². The van der Waals surface area contributed by atoms with Crippen molar-refractivity contribution in [2.75, 3.05) is 6.26 Å². The fourth-order valence-corrected chi connectivity index (χ4v) is 2.13. The molecule has 1 aliphatic rings. The molecule has 5 nitrogen and oxygen atoms in total. The summed E-state index contributed by atoms with van der Waals surface area (Å²) in [6.45, 7) is 1.24. The second-order valence-electron chi connectivity index (χ2n) is 4.45. The van der Waals surface area contributed by atoms with Gasteiger partial charge >= 0.3 is 12.1 Å². The van der Waals surface area contributed by atoms with Gasteiger partial charge in [-0.3, -0.25) is 4.79 Å². The van der Waals surface area contributed by atoms with Crippen LogP contribution in [-0.4, -0.2) is 34.4 Å². The van der Waals surface area contributed by atoms with Gasteiger partial charge in [0.25, 0.3) is 0 Å². The van der Waals surface area contributed by atoms with Crippen LogP contribution in [0, 0.1) is 0 Å². The van der Waals surface area contributed by atoms with Crippen molar-refractivity contribution in [1.82, 2.24) is 9.97 Å². The minimum absolute atomic E-state index is 0.182. The molecular weight excluding hydrogens is 309 g/mol. The zero-order chi connectivity index (χ0) is 15.6. The molecule has 1 saturated carbocycles. The van der Waals surface area contributed by atoms with Crippen molar-refractivity contribution in [3.63, 3.8) is 0 Å². The third-order valence-corrected chi connectivity index (χ3v) is 3.51. The Morgan fingerprint density at radius 2 is 2.05 bits per heavy atom. The minimum atomic E-state index is -4.60. The van der Waals surface area contributed by atoms with Crippen LogP contribution in [0.25, 0.3) is 0 Å². The van der Waals surface area contributed by atoms with Crippen molar-refractivity contribution in [1.29, 1.82) is 0 Å². The normalized spacial score (nSPS) is 21.6. The first-order chi connectivity index (χ1) is 9.81. The summed E-state index contributed by atoms with van der Waals surface area (Å²) in [5.41, 5.74) is -1.03. The fourth-order valence-electron chi connectivity index (χ4n) is 1.80. The summed E-state index contributed by atoms with van der Waals surface area (Å²) in [5, 5.41) is 0.182. The van der Waals surface area contributed by atoms with E-state index in [4.69, 9.17) is 9.47 Å². The number of carbonyl (C=O) groups is 1. The number of ether oxygens (including phenoxy) is 2. The maximum atomic E-state index is 12.9. The number of hydrogen-bond donors (Lipinski definition) is 0. The van der Waals surface area contributed by atoms with Gasteiger partial charge in [-0.15, -0.1) is 0 Å². The van der Waals surface area contributed by atoms with Crippen LogP contribution in [-0.2, 0) is 15.7 Å². The van der Waals surface area contributed by atoms with Crippen LogP contribution >= 0.6 is 11.8 Å². The Morgan fingerprint density at radius 1 is 1.38 bits per heavy atom. The summed E-state index contributed by atoms with van der Waals surface area (Å²) in [6.07, 6.45) is -2.33. The average molecular weight is 322 g/mol. The molecule has 0 amide bonds. The van der Waals surface area contributed by atoms with Gasteiger partial charge in [-0.05, 0) is 19.1 Å².